The summed E-state index contributed by atoms with van der Waals surface area (Å²) in [4.78, 5) is 14.4. The lowest BCUT2D eigenvalue weighted by Gasteiger charge is -2.26. The number of anilines is 1. The van der Waals surface area contributed by atoms with Crippen LogP contribution >= 0.6 is 0 Å². The molecule has 0 radical (unpaired) electrons. The molecule has 4 heteroatoms. The Morgan fingerprint density at radius 2 is 2.25 bits per heavy atom. The molecule has 2 rings (SSSR count). The first-order valence-corrected chi connectivity index (χ1v) is 7.12. The number of hydrogen-bond acceptors (Lipinski definition) is 3. The third kappa shape index (κ3) is 3.30. The standard InChI is InChI=1S/C16H21N3O/c1-12(2)11-19(9-5-8-17)16(20)15-10-13-6-3-4-7-14(13)18-15/h3-4,6-7,12,15,18H,5,9-11H2,1-2H3. The van der Waals surface area contributed by atoms with E-state index in [9.17, 15) is 4.79 Å². The summed E-state index contributed by atoms with van der Waals surface area (Å²) in [6.45, 7) is 5.39. The zero-order valence-corrected chi connectivity index (χ0v) is 12.1. The number of carbonyl (C=O) groups excluding carboxylic acids is 1. The highest BCUT2D eigenvalue weighted by atomic mass is 16.2. The molecule has 0 fully saturated rings. The Balaban J connectivity index is 2.04. The van der Waals surface area contributed by atoms with Gasteiger partial charge in [0.1, 0.15) is 6.04 Å². The van der Waals surface area contributed by atoms with Gasteiger partial charge in [-0.25, -0.2) is 0 Å². The second kappa shape index (κ2) is 6.42. The van der Waals surface area contributed by atoms with E-state index in [0.717, 1.165) is 12.1 Å². The minimum Gasteiger partial charge on any atom is -0.373 e. The van der Waals surface area contributed by atoms with Crippen LogP contribution in [0.5, 0.6) is 0 Å². The predicted octanol–water partition coefficient (Wildman–Crippen LogP) is 2.42. The molecule has 0 saturated carbocycles. The van der Waals surface area contributed by atoms with E-state index in [1.165, 1.54) is 5.56 Å². The van der Waals surface area contributed by atoms with Gasteiger partial charge in [0, 0.05) is 25.2 Å². The van der Waals surface area contributed by atoms with E-state index in [1.54, 1.807) is 0 Å². The van der Waals surface area contributed by atoms with Gasteiger partial charge in [-0.15, -0.1) is 0 Å². The van der Waals surface area contributed by atoms with Gasteiger partial charge in [0.2, 0.25) is 5.91 Å². The molecule has 0 saturated heterocycles. The maximum absolute atomic E-state index is 12.6. The van der Waals surface area contributed by atoms with E-state index in [4.69, 9.17) is 5.26 Å². The van der Waals surface area contributed by atoms with Crippen LogP contribution in [-0.4, -0.2) is 29.9 Å². The van der Waals surface area contributed by atoms with E-state index >= 15 is 0 Å². The molecule has 1 N–H and O–H groups in total. The van der Waals surface area contributed by atoms with Crippen LogP contribution in [0.4, 0.5) is 5.69 Å². The fourth-order valence-electron chi connectivity index (χ4n) is 2.58. The van der Waals surface area contributed by atoms with Crippen LogP contribution in [0.1, 0.15) is 25.8 Å². The second-order valence-electron chi connectivity index (χ2n) is 5.64. The van der Waals surface area contributed by atoms with Crippen LogP contribution in [-0.2, 0) is 11.2 Å². The number of nitrogens with one attached hydrogen (secondary N) is 1. The van der Waals surface area contributed by atoms with Crippen molar-refractivity contribution < 1.29 is 4.79 Å². The zero-order chi connectivity index (χ0) is 14.5. The molecular formula is C16H21N3O. The van der Waals surface area contributed by atoms with Gasteiger partial charge in [0.15, 0.2) is 0 Å². The second-order valence-corrected chi connectivity index (χ2v) is 5.64. The van der Waals surface area contributed by atoms with Crippen LogP contribution in [0.2, 0.25) is 0 Å². The maximum Gasteiger partial charge on any atom is 0.245 e. The minimum atomic E-state index is -0.190. The maximum atomic E-state index is 12.6. The summed E-state index contributed by atoms with van der Waals surface area (Å²) in [7, 11) is 0. The molecular weight excluding hydrogens is 250 g/mol. The average molecular weight is 271 g/mol. The van der Waals surface area contributed by atoms with Crippen LogP contribution in [0, 0.1) is 17.2 Å². The third-order valence-corrected chi connectivity index (χ3v) is 3.46. The highest BCUT2D eigenvalue weighted by molar-refractivity contribution is 5.87. The Kier molecular flexibility index (Phi) is 4.62. The number of fused-ring (bicyclic) bond motifs is 1. The van der Waals surface area contributed by atoms with Gasteiger partial charge in [-0.3, -0.25) is 4.79 Å². The Morgan fingerprint density at radius 1 is 1.50 bits per heavy atom. The van der Waals surface area contributed by atoms with Gasteiger partial charge in [-0.1, -0.05) is 32.0 Å². The monoisotopic (exact) mass is 271 g/mol. The lowest BCUT2D eigenvalue weighted by Crippen LogP contribution is -2.44. The molecule has 1 aliphatic heterocycles. The largest absolute Gasteiger partial charge is 0.373 e. The number of nitrogens with zero attached hydrogens (tertiary/aromatic N) is 2. The van der Waals surface area contributed by atoms with Gasteiger partial charge >= 0.3 is 0 Å². The summed E-state index contributed by atoms with van der Waals surface area (Å²) >= 11 is 0. The Bertz CT molecular complexity index is 494. The number of amides is 1. The van der Waals surface area contributed by atoms with E-state index in [0.29, 0.717) is 25.4 Å². The topological polar surface area (TPSA) is 56.1 Å². The van der Waals surface area contributed by atoms with Crippen molar-refractivity contribution in [3.8, 4) is 6.07 Å². The van der Waals surface area contributed by atoms with Crippen molar-refractivity contribution in [1.29, 1.82) is 5.26 Å². The molecule has 1 aromatic carbocycles. The molecule has 0 bridgehead atoms. The number of hydrogen-bond donors (Lipinski definition) is 1. The zero-order valence-electron chi connectivity index (χ0n) is 12.1. The van der Waals surface area contributed by atoms with Gasteiger partial charge in [-0.05, 0) is 17.5 Å². The van der Waals surface area contributed by atoms with Crippen LogP contribution in [0.15, 0.2) is 24.3 Å². The average Bonchev–Trinajstić information content (AvgIpc) is 2.86. The summed E-state index contributed by atoms with van der Waals surface area (Å²) in [6.07, 6.45) is 1.12. The van der Waals surface area contributed by atoms with E-state index in [-0.39, 0.29) is 11.9 Å². The van der Waals surface area contributed by atoms with Crippen LogP contribution in [0.25, 0.3) is 0 Å². The SMILES string of the molecule is CC(C)CN(CCC#N)C(=O)C1Cc2ccccc2N1. The quantitative estimate of drug-likeness (QED) is 0.894. The number of para-hydroxylation sites is 1. The van der Waals surface area contributed by atoms with Gasteiger partial charge in [-0.2, -0.15) is 5.26 Å². The molecule has 1 atom stereocenters. The van der Waals surface area contributed by atoms with Gasteiger partial charge in [0.05, 0.1) is 12.5 Å². The Labute approximate surface area is 120 Å². The van der Waals surface area contributed by atoms with Crippen molar-refractivity contribution in [2.24, 2.45) is 5.92 Å². The Morgan fingerprint density at radius 3 is 2.90 bits per heavy atom. The minimum absolute atomic E-state index is 0.102. The molecule has 4 nitrogen and oxygen atoms in total. The fourth-order valence-corrected chi connectivity index (χ4v) is 2.58. The van der Waals surface area contributed by atoms with Crippen molar-refractivity contribution >= 4 is 11.6 Å². The highest BCUT2D eigenvalue weighted by Crippen LogP contribution is 2.26. The van der Waals surface area contributed by atoms with E-state index < -0.39 is 0 Å². The van der Waals surface area contributed by atoms with E-state index in [2.05, 4.69) is 31.3 Å². The van der Waals surface area contributed by atoms with Crippen molar-refractivity contribution in [3.63, 3.8) is 0 Å². The molecule has 1 aromatic rings. The lowest BCUT2D eigenvalue weighted by atomic mass is 10.1. The number of rotatable bonds is 5. The summed E-state index contributed by atoms with van der Waals surface area (Å²) in [5, 5.41) is 12.0. The fraction of sp³-hybridized carbons (Fsp3) is 0.500. The highest BCUT2D eigenvalue weighted by Gasteiger charge is 2.29. The smallest absolute Gasteiger partial charge is 0.245 e. The molecule has 0 spiro atoms. The molecule has 106 valence electrons. The van der Waals surface area contributed by atoms with Crippen LogP contribution in [0.3, 0.4) is 0 Å². The lowest BCUT2D eigenvalue weighted by molar-refractivity contribution is -0.132. The van der Waals surface area contributed by atoms with Crippen molar-refractivity contribution in [2.75, 3.05) is 18.4 Å². The van der Waals surface area contributed by atoms with Gasteiger partial charge in [0.25, 0.3) is 0 Å². The summed E-state index contributed by atoms with van der Waals surface area (Å²) in [5.41, 5.74) is 2.24. The summed E-state index contributed by atoms with van der Waals surface area (Å²) in [5.74, 6) is 0.506. The molecule has 20 heavy (non-hydrogen) atoms. The molecule has 1 heterocycles. The van der Waals surface area contributed by atoms with Crippen LogP contribution < -0.4 is 5.32 Å². The predicted molar refractivity (Wildman–Crippen MR) is 79.2 cm³/mol. The van der Waals surface area contributed by atoms with E-state index in [1.807, 2.05) is 23.1 Å². The normalized spacial score (nSPS) is 16.4. The molecule has 1 aliphatic rings. The van der Waals surface area contributed by atoms with Crippen molar-refractivity contribution in [3.05, 3.63) is 29.8 Å². The Hall–Kier alpha value is -2.02. The number of carbonyl (C=O) groups is 1. The number of nitriles is 1. The molecule has 1 unspecified atom stereocenters. The molecule has 1 amide bonds. The first kappa shape index (κ1) is 14.4. The van der Waals surface area contributed by atoms with Crippen molar-refractivity contribution in [2.45, 2.75) is 32.7 Å². The molecule has 0 aliphatic carbocycles. The summed E-state index contributed by atoms with van der Waals surface area (Å²) < 4.78 is 0. The summed E-state index contributed by atoms with van der Waals surface area (Å²) in [6, 6.07) is 9.96. The molecule has 0 aromatic heterocycles. The first-order chi connectivity index (χ1) is 9.61. The van der Waals surface area contributed by atoms with Crippen molar-refractivity contribution in [1.82, 2.24) is 4.90 Å². The third-order valence-electron chi connectivity index (χ3n) is 3.46. The van der Waals surface area contributed by atoms with Gasteiger partial charge < -0.3 is 10.2 Å². The first-order valence-electron chi connectivity index (χ1n) is 7.12. The number of benzene rings is 1.